The summed E-state index contributed by atoms with van der Waals surface area (Å²) >= 11 is 0. The number of ether oxygens (including phenoxy) is 2. The van der Waals surface area contributed by atoms with Gasteiger partial charge in [0.15, 0.2) is 0 Å². The molecule has 4 aromatic rings. The summed E-state index contributed by atoms with van der Waals surface area (Å²) in [4.78, 5) is 0. The van der Waals surface area contributed by atoms with Crippen LogP contribution in [0.15, 0.2) is 85.5 Å². The first-order valence-corrected chi connectivity index (χ1v) is 9.34. The van der Waals surface area contributed by atoms with Crippen LogP contribution in [0.25, 0.3) is 11.4 Å². The molecule has 1 aliphatic heterocycles. The quantitative estimate of drug-likeness (QED) is 0.548. The van der Waals surface area contributed by atoms with Gasteiger partial charge in [-0.25, -0.2) is 9.36 Å². The van der Waals surface area contributed by atoms with Gasteiger partial charge in [0.25, 0.3) is 0 Å². The number of aromatic nitrogens is 4. The largest absolute Gasteiger partial charge is 0.342 e. The van der Waals surface area contributed by atoms with Gasteiger partial charge in [0.05, 0.1) is 24.6 Å². The second kappa shape index (κ2) is 7.07. The lowest BCUT2D eigenvalue weighted by molar-refractivity contribution is -0.249. The highest BCUT2D eigenvalue weighted by Crippen LogP contribution is 2.39. The van der Waals surface area contributed by atoms with Crippen LogP contribution >= 0.6 is 0 Å². The highest BCUT2D eigenvalue weighted by molar-refractivity contribution is 5.45. The van der Waals surface area contributed by atoms with Crippen molar-refractivity contribution in [1.29, 1.82) is 0 Å². The maximum absolute atomic E-state index is 6.30. The van der Waals surface area contributed by atoms with Crippen molar-refractivity contribution in [3.05, 3.63) is 96.6 Å². The van der Waals surface area contributed by atoms with E-state index in [-0.39, 0.29) is 0 Å². The Morgan fingerprint density at radius 1 is 0.714 bits per heavy atom. The Morgan fingerprint density at radius 3 is 1.71 bits per heavy atom. The van der Waals surface area contributed by atoms with E-state index in [4.69, 9.17) is 9.47 Å². The van der Waals surface area contributed by atoms with E-state index < -0.39 is 5.79 Å². The molecule has 5 rings (SSSR count). The van der Waals surface area contributed by atoms with Crippen LogP contribution in [0.1, 0.15) is 17.5 Å². The molecule has 1 aliphatic rings. The number of benzene rings is 2. The first-order valence-electron chi connectivity index (χ1n) is 9.34. The van der Waals surface area contributed by atoms with Crippen LogP contribution in [0.5, 0.6) is 0 Å². The zero-order chi connectivity index (χ0) is 18.8. The summed E-state index contributed by atoms with van der Waals surface area (Å²) in [6, 6.07) is 20.1. The van der Waals surface area contributed by atoms with Gasteiger partial charge in [0, 0.05) is 35.9 Å². The molecule has 28 heavy (non-hydrogen) atoms. The fraction of sp³-hybridized carbons (Fsp3) is 0.182. The first kappa shape index (κ1) is 16.9. The summed E-state index contributed by atoms with van der Waals surface area (Å²) in [7, 11) is 0. The van der Waals surface area contributed by atoms with Crippen molar-refractivity contribution in [3.63, 3.8) is 0 Å². The molecule has 3 heterocycles. The minimum Gasteiger partial charge on any atom is -0.342 e. The third kappa shape index (κ3) is 2.93. The van der Waals surface area contributed by atoms with Gasteiger partial charge >= 0.3 is 0 Å². The minimum absolute atomic E-state index is 0.637. The molecule has 0 aliphatic carbocycles. The molecule has 2 aromatic carbocycles. The maximum Gasteiger partial charge on any atom is 0.222 e. The lowest BCUT2D eigenvalue weighted by atomic mass is 9.95. The van der Waals surface area contributed by atoms with Crippen LogP contribution in [0.2, 0.25) is 0 Å². The molecule has 0 bridgehead atoms. The van der Waals surface area contributed by atoms with E-state index in [1.54, 1.807) is 12.4 Å². The topological polar surface area (TPSA) is 54.1 Å². The Kier molecular flexibility index (Phi) is 4.27. The van der Waals surface area contributed by atoms with Gasteiger partial charge in [-0.05, 0) is 42.8 Å². The number of rotatable bonds is 4. The van der Waals surface area contributed by atoms with Gasteiger partial charge in [0.2, 0.25) is 5.79 Å². The number of hydrogen-bond donors (Lipinski definition) is 0. The third-order valence-electron chi connectivity index (χ3n) is 4.89. The second-order valence-corrected chi connectivity index (χ2v) is 6.67. The molecule has 1 saturated heterocycles. The Bertz CT molecular complexity index is 972. The molecule has 0 unspecified atom stereocenters. The fourth-order valence-corrected chi connectivity index (χ4v) is 3.58. The third-order valence-corrected chi connectivity index (χ3v) is 4.89. The van der Waals surface area contributed by atoms with E-state index in [0.29, 0.717) is 13.2 Å². The van der Waals surface area contributed by atoms with E-state index in [9.17, 15) is 0 Å². The Balaban J connectivity index is 1.63. The average Bonchev–Trinajstić information content (AvgIpc) is 3.49. The molecule has 6 nitrogen and oxygen atoms in total. The van der Waals surface area contributed by atoms with E-state index >= 15 is 0 Å². The fourth-order valence-electron chi connectivity index (χ4n) is 3.58. The predicted octanol–water partition coefficient (Wildman–Crippen LogP) is 3.70. The summed E-state index contributed by atoms with van der Waals surface area (Å²) in [5.41, 5.74) is 3.81. The van der Waals surface area contributed by atoms with Crippen LogP contribution < -0.4 is 0 Å². The molecule has 0 N–H and O–H groups in total. The van der Waals surface area contributed by atoms with Crippen molar-refractivity contribution in [3.8, 4) is 11.4 Å². The molecule has 0 radical (unpaired) electrons. The summed E-state index contributed by atoms with van der Waals surface area (Å²) in [6.45, 7) is 1.27. The van der Waals surface area contributed by atoms with Crippen LogP contribution in [0.3, 0.4) is 0 Å². The summed E-state index contributed by atoms with van der Waals surface area (Å²) in [5, 5.41) is 8.68. The predicted molar refractivity (Wildman–Crippen MR) is 104 cm³/mol. The van der Waals surface area contributed by atoms with Crippen molar-refractivity contribution < 1.29 is 9.47 Å². The molecule has 0 amide bonds. The molecule has 0 atom stereocenters. The molecule has 1 fully saturated rings. The van der Waals surface area contributed by atoms with Crippen LogP contribution in [0, 0.1) is 0 Å². The van der Waals surface area contributed by atoms with Gasteiger partial charge in [-0.1, -0.05) is 24.3 Å². The molecular formula is C22H20N4O2. The molecule has 0 saturated carbocycles. The zero-order valence-electron chi connectivity index (χ0n) is 15.3. The van der Waals surface area contributed by atoms with Crippen molar-refractivity contribution in [1.82, 2.24) is 19.6 Å². The Morgan fingerprint density at radius 2 is 1.25 bits per heavy atom. The normalized spacial score (nSPS) is 16.1. The number of hydrogen-bond acceptors (Lipinski definition) is 4. The maximum atomic E-state index is 6.30. The van der Waals surface area contributed by atoms with Gasteiger partial charge in [-0.2, -0.15) is 10.2 Å². The first-order chi connectivity index (χ1) is 13.9. The Labute approximate surface area is 162 Å². The molecule has 0 spiro atoms. The number of nitrogens with zero attached hydrogens (tertiary/aromatic N) is 4. The van der Waals surface area contributed by atoms with Gasteiger partial charge < -0.3 is 9.47 Å². The van der Waals surface area contributed by atoms with Crippen LogP contribution in [0.4, 0.5) is 0 Å². The lowest BCUT2D eigenvalue weighted by Crippen LogP contribution is -2.39. The van der Waals surface area contributed by atoms with Crippen molar-refractivity contribution in [2.45, 2.75) is 12.2 Å². The van der Waals surface area contributed by atoms with E-state index in [2.05, 4.69) is 22.3 Å². The zero-order valence-corrected chi connectivity index (χ0v) is 15.3. The van der Waals surface area contributed by atoms with Crippen molar-refractivity contribution in [2.24, 2.45) is 0 Å². The van der Waals surface area contributed by atoms with Gasteiger partial charge in [0.1, 0.15) is 0 Å². The van der Waals surface area contributed by atoms with E-state index in [1.807, 2.05) is 70.3 Å². The lowest BCUT2D eigenvalue weighted by Gasteiger charge is -2.38. The summed E-state index contributed by atoms with van der Waals surface area (Å²) in [6.07, 6.45) is 8.26. The molecular weight excluding hydrogens is 352 g/mol. The summed E-state index contributed by atoms with van der Waals surface area (Å²) in [5.74, 6) is -0.954. The highest BCUT2D eigenvalue weighted by atomic mass is 16.7. The monoisotopic (exact) mass is 372 g/mol. The minimum atomic E-state index is -0.954. The van der Waals surface area contributed by atoms with Crippen LogP contribution in [-0.4, -0.2) is 32.8 Å². The van der Waals surface area contributed by atoms with Crippen molar-refractivity contribution >= 4 is 0 Å². The highest BCUT2D eigenvalue weighted by Gasteiger charge is 2.39. The Hall–Kier alpha value is -3.22. The van der Waals surface area contributed by atoms with Gasteiger partial charge in [-0.3, -0.25) is 0 Å². The molecule has 2 aromatic heterocycles. The second-order valence-electron chi connectivity index (χ2n) is 6.67. The summed E-state index contributed by atoms with van der Waals surface area (Å²) < 4.78 is 16.3. The average molecular weight is 372 g/mol. The van der Waals surface area contributed by atoms with Crippen molar-refractivity contribution in [2.75, 3.05) is 13.2 Å². The molecule has 6 heteroatoms. The molecule has 140 valence electrons. The standard InChI is InChI=1S/C22H20N4O2/c1-6-18(16-20(8-1)25-12-3-10-23-25)22(27-14-5-15-28-22)19-7-2-9-21(17-19)26-13-4-11-24-26/h1-4,6-13,16-17H,5,14-15H2. The van der Waals surface area contributed by atoms with E-state index in [0.717, 1.165) is 28.9 Å². The smallest absolute Gasteiger partial charge is 0.222 e. The van der Waals surface area contributed by atoms with E-state index in [1.165, 1.54) is 0 Å². The SMILES string of the molecule is c1cc(-n2cccn2)cc(C2(c3cccc(-n4cccn4)c3)OCCCO2)c1. The van der Waals surface area contributed by atoms with Crippen LogP contribution in [-0.2, 0) is 15.3 Å². The van der Waals surface area contributed by atoms with Gasteiger partial charge in [-0.15, -0.1) is 0 Å².